The van der Waals surface area contributed by atoms with Crippen LogP contribution in [0.4, 0.5) is 0 Å². The van der Waals surface area contributed by atoms with Gasteiger partial charge in [-0.05, 0) is 30.0 Å². The largest absolute Gasteiger partial charge is 0.497 e. The first kappa shape index (κ1) is 12.1. The molecule has 2 heteroatoms. The van der Waals surface area contributed by atoms with E-state index in [1.807, 2.05) is 18.2 Å². The third kappa shape index (κ3) is 4.84. The third-order valence-electron chi connectivity index (χ3n) is 2.24. The van der Waals surface area contributed by atoms with Gasteiger partial charge in [0.1, 0.15) is 5.75 Å². The maximum absolute atomic E-state index is 5.57. The molecule has 0 radical (unpaired) electrons. The van der Waals surface area contributed by atoms with E-state index in [-0.39, 0.29) is 0 Å². The number of benzene rings is 1. The summed E-state index contributed by atoms with van der Waals surface area (Å²) in [5, 5.41) is 0. The summed E-state index contributed by atoms with van der Waals surface area (Å²) in [5.74, 6) is 1.59. The monoisotopic (exact) mass is 208 g/mol. The van der Waals surface area contributed by atoms with E-state index >= 15 is 0 Å². The molecular formula is C13H20O2. The van der Waals surface area contributed by atoms with Crippen LogP contribution in [0.25, 0.3) is 0 Å². The summed E-state index contributed by atoms with van der Waals surface area (Å²) in [6.45, 7) is 5.91. The Hall–Kier alpha value is -1.02. The van der Waals surface area contributed by atoms with E-state index in [4.69, 9.17) is 9.47 Å². The Bertz CT molecular complexity index is 282. The molecule has 0 atom stereocenters. The van der Waals surface area contributed by atoms with Gasteiger partial charge in [-0.15, -0.1) is 0 Å². The summed E-state index contributed by atoms with van der Waals surface area (Å²) in [6.07, 6.45) is 1.12. The van der Waals surface area contributed by atoms with E-state index in [1.54, 1.807) is 7.11 Å². The lowest BCUT2D eigenvalue weighted by molar-refractivity contribution is 0.110. The Labute approximate surface area is 92.2 Å². The van der Waals surface area contributed by atoms with Gasteiger partial charge < -0.3 is 9.47 Å². The first-order chi connectivity index (χ1) is 7.22. The van der Waals surface area contributed by atoms with Gasteiger partial charge in [0.2, 0.25) is 0 Å². The molecule has 0 bridgehead atoms. The standard InChI is InChI=1S/C13H20O2/c1-11(2)7-8-15-10-12-5-4-6-13(9-12)14-3/h4-6,9,11H,7-8,10H2,1-3H3. The quantitative estimate of drug-likeness (QED) is 0.668. The van der Waals surface area contributed by atoms with Crippen molar-refractivity contribution < 1.29 is 9.47 Å². The third-order valence-corrected chi connectivity index (χ3v) is 2.24. The average Bonchev–Trinajstić information content (AvgIpc) is 2.24. The van der Waals surface area contributed by atoms with Crippen molar-refractivity contribution in [1.29, 1.82) is 0 Å². The second kappa shape index (κ2) is 6.46. The van der Waals surface area contributed by atoms with E-state index < -0.39 is 0 Å². The Morgan fingerprint density at radius 3 is 2.73 bits per heavy atom. The van der Waals surface area contributed by atoms with E-state index in [0.29, 0.717) is 12.5 Å². The lowest BCUT2D eigenvalue weighted by Gasteiger charge is -2.07. The molecule has 0 aliphatic rings. The maximum Gasteiger partial charge on any atom is 0.119 e. The van der Waals surface area contributed by atoms with Crippen LogP contribution in [-0.2, 0) is 11.3 Å². The zero-order valence-corrected chi connectivity index (χ0v) is 9.82. The minimum Gasteiger partial charge on any atom is -0.497 e. The zero-order chi connectivity index (χ0) is 11.1. The first-order valence-electron chi connectivity index (χ1n) is 5.43. The number of ether oxygens (including phenoxy) is 2. The van der Waals surface area contributed by atoms with Crippen molar-refractivity contribution in [2.45, 2.75) is 26.9 Å². The zero-order valence-electron chi connectivity index (χ0n) is 9.82. The molecule has 0 heterocycles. The fraction of sp³-hybridized carbons (Fsp3) is 0.538. The number of hydrogen-bond acceptors (Lipinski definition) is 2. The highest BCUT2D eigenvalue weighted by atomic mass is 16.5. The lowest BCUT2D eigenvalue weighted by Crippen LogP contribution is -1.99. The molecule has 0 aliphatic heterocycles. The molecule has 15 heavy (non-hydrogen) atoms. The smallest absolute Gasteiger partial charge is 0.119 e. The molecule has 0 amide bonds. The van der Waals surface area contributed by atoms with Crippen molar-refractivity contribution in [2.24, 2.45) is 5.92 Å². The van der Waals surface area contributed by atoms with Gasteiger partial charge in [-0.1, -0.05) is 26.0 Å². The Kier molecular flexibility index (Phi) is 5.19. The van der Waals surface area contributed by atoms with Crippen molar-refractivity contribution in [3.8, 4) is 5.75 Å². The fourth-order valence-electron chi connectivity index (χ4n) is 1.27. The molecule has 84 valence electrons. The minimum atomic E-state index is 0.671. The molecule has 0 saturated heterocycles. The Morgan fingerprint density at radius 2 is 2.07 bits per heavy atom. The summed E-state index contributed by atoms with van der Waals surface area (Å²) in [4.78, 5) is 0. The van der Waals surface area contributed by atoms with Gasteiger partial charge in [0.25, 0.3) is 0 Å². The molecule has 0 aromatic heterocycles. The number of hydrogen-bond donors (Lipinski definition) is 0. The predicted octanol–water partition coefficient (Wildman–Crippen LogP) is 3.26. The summed E-state index contributed by atoms with van der Waals surface area (Å²) in [7, 11) is 1.68. The second-order valence-corrected chi connectivity index (χ2v) is 4.09. The second-order valence-electron chi connectivity index (χ2n) is 4.09. The molecule has 2 nitrogen and oxygen atoms in total. The van der Waals surface area contributed by atoms with Gasteiger partial charge in [0.15, 0.2) is 0 Å². The molecule has 1 aromatic rings. The molecule has 0 saturated carbocycles. The van der Waals surface area contributed by atoms with Gasteiger partial charge >= 0.3 is 0 Å². The normalized spacial score (nSPS) is 10.7. The summed E-state index contributed by atoms with van der Waals surface area (Å²) < 4.78 is 10.7. The van der Waals surface area contributed by atoms with Crippen LogP contribution >= 0.6 is 0 Å². The summed E-state index contributed by atoms with van der Waals surface area (Å²) in [5.41, 5.74) is 1.16. The highest BCUT2D eigenvalue weighted by Gasteiger charge is 1.97. The number of methoxy groups -OCH3 is 1. The molecule has 0 fully saturated rings. The van der Waals surface area contributed by atoms with Gasteiger partial charge in [-0.3, -0.25) is 0 Å². The Balaban J connectivity index is 2.30. The van der Waals surface area contributed by atoms with Gasteiger partial charge in [-0.25, -0.2) is 0 Å². The summed E-state index contributed by atoms with van der Waals surface area (Å²) in [6, 6.07) is 7.99. The molecular weight excluding hydrogens is 188 g/mol. The van der Waals surface area contributed by atoms with Crippen LogP contribution < -0.4 is 4.74 Å². The molecule has 1 rings (SSSR count). The van der Waals surface area contributed by atoms with Crippen LogP contribution in [0.5, 0.6) is 5.75 Å². The molecule has 0 aliphatic carbocycles. The SMILES string of the molecule is COc1cccc(COCCC(C)C)c1. The molecule has 0 N–H and O–H groups in total. The van der Waals surface area contributed by atoms with Crippen LogP contribution in [-0.4, -0.2) is 13.7 Å². The average molecular weight is 208 g/mol. The van der Waals surface area contributed by atoms with Crippen molar-refractivity contribution in [3.05, 3.63) is 29.8 Å². The van der Waals surface area contributed by atoms with Gasteiger partial charge in [0.05, 0.1) is 13.7 Å². The van der Waals surface area contributed by atoms with Crippen LogP contribution in [0.3, 0.4) is 0 Å². The van der Waals surface area contributed by atoms with Gasteiger partial charge in [-0.2, -0.15) is 0 Å². The highest BCUT2D eigenvalue weighted by molar-refractivity contribution is 5.27. The number of rotatable bonds is 6. The van der Waals surface area contributed by atoms with Crippen LogP contribution in [0.1, 0.15) is 25.8 Å². The maximum atomic E-state index is 5.57. The van der Waals surface area contributed by atoms with Crippen LogP contribution in [0, 0.1) is 5.92 Å². The van der Waals surface area contributed by atoms with Crippen LogP contribution in [0.2, 0.25) is 0 Å². The first-order valence-corrected chi connectivity index (χ1v) is 5.43. The topological polar surface area (TPSA) is 18.5 Å². The van der Waals surface area contributed by atoms with Crippen LogP contribution in [0.15, 0.2) is 24.3 Å². The van der Waals surface area contributed by atoms with Crippen molar-refractivity contribution in [3.63, 3.8) is 0 Å². The van der Waals surface area contributed by atoms with E-state index in [2.05, 4.69) is 19.9 Å². The van der Waals surface area contributed by atoms with E-state index in [0.717, 1.165) is 24.3 Å². The molecule has 0 unspecified atom stereocenters. The van der Waals surface area contributed by atoms with E-state index in [9.17, 15) is 0 Å². The van der Waals surface area contributed by atoms with Crippen molar-refractivity contribution in [1.82, 2.24) is 0 Å². The Morgan fingerprint density at radius 1 is 1.27 bits per heavy atom. The minimum absolute atomic E-state index is 0.671. The molecule has 1 aromatic carbocycles. The molecule has 0 spiro atoms. The van der Waals surface area contributed by atoms with Crippen molar-refractivity contribution in [2.75, 3.05) is 13.7 Å². The summed E-state index contributed by atoms with van der Waals surface area (Å²) >= 11 is 0. The van der Waals surface area contributed by atoms with Gasteiger partial charge in [0, 0.05) is 6.61 Å². The fourth-order valence-corrected chi connectivity index (χ4v) is 1.27. The highest BCUT2D eigenvalue weighted by Crippen LogP contribution is 2.13. The van der Waals surface area contributed by atoms with Crippen molar-refractivity contribution >= 4 is 0 Å². The predicted molar refractivity (Wildman–Crippen MR) is 62.1 cm³/mol. The lowest BCUT2D eigenvalue weighted by atomic mass is 10.1. The van der Waals surface area contributed by atoms with E-state index in [1.165, 1.54) is 0 Å².